The minimum atomic E-state index is 0.626. The first-order valence-corrected chi connectivity index (χ1v) is 6.94. The van der Waals surface area contributed by atoms with E-state index in [-0.39, 0.29) is 0 Å². The molecule has 2 aromatic heterocycles. The minimum Gasteiger partial charge on any atom is -0.330 e. The van der Waals surface area contributed by atoms with Crippen LogP contribution in [0, 0.1) is 13.8 Å². The number of nitrogens with zero attached hydrogens (tertiary/aromatic N) is 2. The third kappa shape index (κ3) is 2.21. The van der Waals surface area contributed by atoms with Gasteiger partial charge in [0.2, 0.25) is 0 Å². The summed E-state index contributed by atoms with van der Waals surface area (Å²) in [5, 5.41) is 0. The van der Waals surface area contributed by atoms with Crippen molar-refractivity contribution in [3.8, 4) is 11.3 Å². The summed E-state index contributed by atoms with van der Waals surface area (Å²) in [6, 6.07) is 12.7. The molecule has 0 unspecified atom stereocenters. The van der Waals surface area contributed by atoms with Crippen molar-refractivity contribution in [2.75, 3.05) is 6.54 Å². The highest BCUT2D eigenvalue weighted by molar-refractivity contribution is 5.67. The minimum absolute atomic E-state index is 0.626. The lowest BCUT2D eigenvalue weighted by molar-refractivity contribution is 0.906. The molecule has 0 aliphatic heterocycles. The van der Waals surface area contributed by atoms with Crippen molar-refractivity contribution in [1.29, 1.82) is 0 Å². The number of rotatable bonds is 3. The number of pyridine rings is 1. The maximum absolute atomic E-state index is 5.77. The molecule has 0 amide bonds. The van der Waals surface area contributed by atoms with Gasteiger partial charge in [0.05, 0.1) is 11.4 Å². The molecular weight excluding hydrogens is 246 g/mol. The third-order valence-corrected chi connectivity index (χ3v) is 3.59. The first kappa shape index (κ1) is 12.9. The Hall–Kier alpha value is -2.13. The van der Waals surface area contributed by atoms with Gasteiger partial charge in [-0.1, -0.05) is 29.8 Å². The summed E-state index contributed by atoms with van der Waals surface area (Å²) in [6.07, 6.45) is 2.91. The second-order valence-corrected chi connectivity index (χ2v) is 5.24. The van der Waals surface area contributed by atoms with E-state index >= 15 is 0 Å². The molecule has 0 radical (unpaired) electrons. The molecule has 2 N–H and O–H groups in total. The Kier molecular flexibility index (Phi) is 3.28. The Morgan fingerprint density at radius 3 is 2.50 bits per heavy atom. The molecular formula is C17H19N3. The van der Waals surface area contributed by atoms with Crippen LogP contribution in [0.1, 0.15) is 16.8 Å². The summed E-state index contributed by atoms with van der Waals surface area (Å²) in [6.45, 7) is 4.81. The Balaban J connectivity index is 2.22. The van der Waals surface area contributed by atoms with Crippen LogP contribution in [0.25, 0.3) is 16.9 Å². The van der Waals surface area contributed by atoms with Crippen LogP contribution in [0.3, 0.4) is 0 Å². The van der Waals surface area contributed by atoms with Gasteiger partial charge in [0, 0.05) is 18.2 Å². The Morgan fingerprint density at radius 2 is 1.80 bits per heavy atom. The average molecular weight is 265 g/mol. The average Bonchev–Trinajstić information content (AvgIpc) is 2.78. The molecule has 2 heterocycles. The maximum atomic E-state index is 5.77. The van der Waals surface area contributed by atoms with E-state index in [4.69, 9.17) is 10.7 Å². The molecule has 3 heteroatoms. The number of benzene rings is 1. The van der Waals surface area contributed by atoms with Crippen molar-refractivity contribution >= 4 is 5.65 Å². The van der Waals surface area contributed by atoms with Crippen LogP contribution in [0.5, 0.6) is 0 Å². The van der Waals surface area contributed by atoms with E-state index in [0.717, 1.165) is 23.3 Å². The van der Waals surface area contributed by atoms with Crippen LogP contribution < -0.4 is 5.73 Å². The SMILES string of the molecule is Cc1ccc(-c2nc3cc(C)ccn3c2CCN)cc1. The molecule has 0 saturated heterocycles. The molecule has 0 saturated carbocycles. The number of nitrogens with two attached hydrogens (primary N) is 1. The molecule has 0 aliphatic carbocycles. The summed E-state index contributed by atoms with van der Waals surface area (Å²) in [5.41, 5.74) is 12.6. The highest BCUT2D eigenvalue weighted by atomic mass is 15.0. The second-order valence-electron chi connectivity index (χ2n) is 5.24. The summed E-state index contributed by atoms with van der Waals surface area (Å²) in [5.74, 6) is 0. The second kappa shape index (κ2) is 5.10. The van der Waals surface area contributed by atoms with Crippen LogP contribution in [0.15, 0.2) is 42.6 Å². The molecule has 3 nitrogen and oxygen atoms in total. The smallest absolute Gasteiger partial charge is 0.137 e. The summed E-state index contributed by atoms with van der Waals surface area (Å²) in [7, 11) is 0. The van der Waals surface area contributed by atoms with Crippen molar-refractivity contribution < 1.29 is 0 Å². The van der Waals surface area contributed by atoms with E-state index in [1.165, 1.54) is 16.8 Å². The van der Waals surface area contributed by atoms with Crippen molar-refractivity contribution in [3.05, 3.63) is 59.4 Å². The van der Waals surface area contributed by atoms with Crippen molar-refractivity contribution in [1.82, 2.24) is 9.38 Å². The Morgan fingerprint density at radius 1 is 1.05 bits per heavy atom. The van der Waals surface area contributed by atoms with E-state index in [9.17, 15) is 0 Å². The van der Waals surface area contributed by atoms with Crippen LogP contribution in [0.4, 0.5) is 0 Å². The van der Waals surface area contributed by atoms with Crippen molar-refractivity contribution in [2.24, 2.45) is 5.73 Å². The molecule has 0 aliphatic rings. The molecule has 0 fully saturated rings. The number of imidazole rings is 1. The number of fused-ring (bicyclic) bond motifs is 1. The fourth-order valence-electron chi connectivity index (χ4n) is 2.52. The number of hydrogen-bond acceptors (Lipinski definition) is 2. The first-order chi connectivity index (χ1) is 9.69. The molecule has 0 atom stereocenters. The first-order valence-electron chi connectivity index (χ1n) is 6.94. The summed E-state index contributed by atoms with van der Waals surface area (Å²) < 4.78 is 2.15. The third-order valence-electron chi connectivity index (χ3n) is 3.59. The van der Waals surface area contributed by atoms with Crippen molar-refractivity contribution in [2.45, 2.75) is 20.3 Å². The Bertz CT molecular complexity index is 739. The van der Waals surface area contributed by atoms with E-state index in [0.29, 0.717) is 6.54 Å². The van der Waals surface area contributed by atoms with Crippen LogP contribution in [-0.4, -0.2) is 15.9 Å². The molecule has 3 aromatic rings. The van der Waals surface area contributed by atoms with E-state index in [1.807, 2.05) is 0 Å². The fourth-order valence-corrected chi connectivity index (χ4v) is 2.52. The molecule has 3 rings (SSSR count). The van der Waals surface area contributed by atoms with E-state index in [1.54, 1.807) is 0 Å². The van der Waals surface area contributed by atoms with Gasteiger partial charge in [-0.25, -0.2) is 4.98 Å². The molecule has 20 heavy (non-hydrogen) atoms. The molecule has 1 aromatic carbocycles. The lowest BCUT2D eigenvalue weighted by Crippen LogP contribution is -2.06. The highest BCUT2D eigenvalue weighted by Gasteiger charge is 2.13. The van der Waals surface area contributed by atoms with E-state index < -0.39 is 0 Å². The van der Waals surface area contributed by atoms with Gasteiger partial charge in [0.25, 0.3) is 0 Å². The lowest BCUT2D eigenvalue weighted by Gasteiger charge is -2.04. The topological polar surface area (TPSA) is 43.3 Å². The zero-order valence-corrected chi connectivity index (χ0v) is 11.9. The summed E-state index contributed by atoms with van der Waals surface area (Å²) >= 11 is 0. The van der Waals surface area contributed by atoms with Crippen molar-refractivity contribution in [3.63, 3.8) is 0 Å². The highest BCUT2D eigenvalue weighted by Crippen LogP contribution is 2.25. The summed E-state index contributed by atoms with van der Waals surface area (Å²) in [4.78, 5) is 4.80. The molecule has 0 bridgehead atoms. The predicted molar refractivity (Wildman–Crippen MR) is 82.9 cm³/mol. The van der Waals surface area contributed by atoms with Gasteiger partial charge in [-0.05, 0) is 38.1 Å². The van der Waals surface area contributed by atoms with Crippen LogP contribution in [-0.2, 0) is 6.42 Å². The van der Waals surface area contributed by atoms with Crippen LogP contribution >= 0.6 is 0 Å². The van der Waals surface area contributed by atoms with Gasteiger partial charge in [-0.2, -0.15) is 0 Å². The van der Waals surface area contributed by atoms with Crippen LogP contribution in [0.2, 0.25) is 0 Å². The van der Waals surface area contributed by atoms with Gasteiger partial charge in [-0.15, -0.1) is 0 Å². The number of hydrogen-bond donors (Lipinski definition) is 1. The number of aromatic nitrogens is 2. The van der Waals surface area contributed by atoms with Gasteiger partial charge in [0.1, 0.15) is 5.65 Å². The van der Waals surface area contributed by atoms with Gasteiger partial charge in [0.15, 0.2) is 0 Å². The van der Waals surface area contributed by atoms with Gasteiger partial charge in [-0.3, -0.25) is 0 Å². The van der Waals surface area contributed by atoms with Gasteiger partial charge >= 0.3 is 0 Å². The molecule has 102 valence electrons. The maximum Gasteiger partial charge on any atom is 0.137 e. The lowest BCUT2D eigenvalue weighted by atomic mass is 10.1. The predicted octanol–water partition coefficient (Wildman–Crippen LogP) is 3.12. The normalized spacial score (nSPS) is 11.2. The zero-order valence-electron chi connectivity index (χ0n) is 11.9. The number of aryl methyl sites for hydroxylation is 2. The quantitative estimate of drug-likeness (QED) is 0.790. The van der Waals surface area contributed by atoms with Gasteiger partial charge < -0.3 is 10.1 Å². The monoisotopic (exact) mass is 265 g/mol. The Labute approximate surface area is 119 Å². The van der Waals surface area contributed by atoms with E-state index in [2.05, 4.69) is 60.8 Å². The zero-order chi connectivity index (χ0) is 14.1. The largest absolute Gasteiger partial charge is 0.330 e. The standard InChI is InChI=1S/C17H19N3/c1-12-3-5-14(6-4-12)17-15(7-9-18)20-10-8-13(2)11-16(20)19-17/h3-6,8,10-11H,7,9,18H2,1-2H3. The fraction of sp³-hybridized carbons (Fsp3) is 0.235. The molecule has 0 spiro atoms.